The van der Waals surface area contributed by atoms with Crippen LogP contribution in [0.4, 0.5) is 0 Å². The highest BCUT2D eigenvalue weighted by Gasteiger charge is 2.17. The first-order chi connectivity index (χ1) is 10.6. The highest BCUT2D eigenvalue weighted by molar-refractivity contribution is 5.35. The Morgan fingerprint density at radius 2 is 1.64 bits per heavy atom. The smallest absolute Gasteiger partial charge is 0.127 e. The molecule has 0 radical (unpaired) electrons. The van der Waals surface area contributed by atoms with E-state index >= 15 is 0 Å². The molecule has 0 amide bonds. The zero-order valence-electron chi connectivity index (χ0n) is 13.3. The molecule has 3 nitrogen and oxygen atoms in total. The first-order valence-corrected chi connectivity index (χ1v) is 7.83. The van der Waals surface area contributed by atoms with E-state index in [-0.39, 0.29) is 0 Å². The van der Waals surface area contributed by atoms with Crippen LogP contribution in [0.1, 0.15) is 38.3 Å². The summed E-state index contributed by atoms with van der Waals surface area (Å²) >= 11 is 0. The summed E-state index contributed by atoms with van der Waals surface area (Å²) in [6, 6.07) is 16.9. The van der Waals surface area contributed by atoms with Crippen molar-refractivity contribution in [3.05, 3.63) is 60.2 Å². The van der Waals surface area contributed by atoms with Crippen molar-refractivity contribution in [3.63, 3.8) is 0 Å². The van der Waals surface area contributed by atoms with Crippen molar-refractivity contribution < 1.29 is 9.84 Å². The van der Waals surface area contributed by atoms with Crippen LogP contribution in [0.15, 0.2) is 54.6 Å². The van der Waals surface area contributed by atoms with Crippen molar-refractivity contribution in [2.45, 2.75) is 38.8 Å². The second kappa shape index (κ2) is 7.97. The first-order valence-electron chi connectivity index (χ1n) is 7.83. The van der Waals surface area contributed by atoms with Crippen LogP contribution in [-0.4, -0.2) is 11.2 Å². The van der Waals surface area contributed by atoms with E-state index in [1.165, 1.54) is 0 Å². The maximum absolute atomic E-state index is 10.2. The van der Waals surface area contributed by atoms with E-state index in [9.17, 15) is 5.11 Å². The molecule has 3 heteroatoms. The molecule has 2 atom stereocenters. The Labute approximate surface area is 132 Å². The van der Waals surface area contributed by atoms with Crippen LogP contribution in [0.5, 0.6) is 11.5 Å². The molecule has 2 rings (SSSR count). The highest BCUT2D eigenvalue weighted by atomic mass is 16.5. The minimum atomic E-state index is -0.533. The lowest BCUT2D eigenvalue weighted by atomic mass is 9.96. The SMILES string of the molecule is CC(C)CC[C@@H](O)[C@@H](N)c1cccc(Oc2ccccc2)c1. The number of para-hydroxylation sites is 1. The third-order valence-electron chi connectivity index (χ3n) is 3.68. The molecular weight excluding hydrogens is 274 g/mol. The molecule has 2 aromatic carbocycles. The van der Waals surface area contributed by atoms with Crippen molar-refractivity contribution in [1.29, 1.82) is 0 Å². The molecule has 118 valence electrons. The van der Waals surface area contributed by atoms with E-state index in [0.717, 1.165) is 23.5 Å². The van der Waals surface area contributed by atoms with Gasteiger partial charge in [-0.3, -0.25) is 0 Å². The highest BCUT2D eigenvalue weighted by Crippen LogP contribution is 2.26. The Hall–Kier alpha value is -1.84. The van der Waals surface area contributed by atoms with Crippen LogP contribution in [0, 0.1) is 5.92 Å². The average molecular weight is 299 g/mol. The van der Waals surface area contributed by atoms with Crippen LogP contribution in [0.25, 0.3) is 0 Å². The van der Waals surface area contributed by atoms with E-state index in [1.54, 1.807) is 0 Å². The summed E-state index contributed by atoms with van der Waals surface area (Å²) in [6.07, 6.45) is 1.15. The van der Waals surface area contributed by atoms with E-state index < -0.39 is 12.1 Å². The fourth-order valence-corrected chi connectivity index (χ4v) is 2.32. The van der Waals surface area contributed by atoms with Crippen molar-refractivity contribution in [2.75, 3.05) is 0 Å². The molecule has 0 fully saturated rings. The van der Waals surface area contributed by atoms with Gasteiger partial charge in [0, 0.05) is 0 Å². The van der Waals surface area contributed by atoms with Gasteiger partial charge in [-0.15, -0.1) is 0 Å². The predicted molar refractivity (Wildman–Crippen MR) is 90.0 cm³/mol. The van der Waals surface area contributed by atoms with Gasteiger partial charge in [0.05, 0.1) is 12.1 Å². The number of aliphatic hydroxyl groups excluding tert-OH is 1. The molecular formula is C19H25NO2. The molecule has 0 saturated carbocycles. The summed E-state index contributed by atoms with van der Waals surface area (Å²) in [7, 11) is 0. The largest absolute Gasteiger partial charge is 0.457 e. The molecule has 0 aliphatic rings. The average Bonchev–Trinajstić information content (AvgIpc) is 2.53. The van der Waals surface area contributed by atoms with E-state index in [0.29, 0.717) is 12.3 Å². The van der Waals surface area contributed by atoms with Crippen molar-refractivity contribution in [2.24, 2.45) is 11.7 Å². The quantitative estimate of drug-likeness (QED) is 0.802. The first kappa shape index (κ1) is 16.5. The fraction of sp³-hybridized carbons (Fsp3) is 0.368. The summed E-state index contributed by atoms with van der Waals surface area (Å²) < 4.78 is 5.81. The number of benzene rings is 2. The molecule has 0 aromatic heterocycles. The Kier molecular flexibility index (Phi) is 5.99. The molecule has 3 N–H and O–H groups in total. The van der Waals surface area contributed by atoms with Crippen molar-refractivity contribution in [3.8, 4) is 11.5 Å². The Bertz CT molecular complexity index is 569. The van der Waals surface area contributed by atoms with E-state index in [4.69, 9.17) is 10.5 Å². The summed E-state index contributed by atoms with van der Waals surface area (Å²) in [4.78, 5) is 0. The van der Waals surface area contributed by atoms with Crippen LogP contribution in [-0.2, 0) is 0 Å². The number of rotatable bonds is 7. The van der Waals surface area contributed by atoms with Crippen LogP contribution in [0.2, 0.25) is 0 Å². The van der Waals surface area contributed by atoms with Gasteiger partial charge in [-0.25, -0.2) is 0 Å². The van der Waals surface area contributed by atoms with Gasteiger partial charge in [0.25, 0.3) is 0 Å². The van der Waals surface area contributed by atoms with Crippen molar-refractivity contribution in [1.82, 2.24) is 0 Å². The lowest BCUT2D eigenvalue weighted by Crippen LogP contribution is -2.26. The van der Waals surface area contributed by atoms with Gasteiger partial charge in [-0.1, -0.05) is 44.2 Å². The van der Waals surface area contributed by atoms with Crippen LogP contribution in [0.3, 0.4) is 0 Å². The molecule has 0 saturated heterocycles. The number of nitrogens with two attached hydrogens (primary N) is 1. The normalized spacial score (nSPS) is 13.9. The second-order valence-corrected chi connectivity index (χ2v) is 6.05. The molecule has 0 bridgehead atoms. The monoisotopic (exact) mass is 299 g/mol. The zero-order chi connectivity index (χ0) is 15.9. The zero-order valence-corrected chi connectivity index (χ0v) is 13.3. The van der Waals surface area contributed by atoms with Gasteiger partial charge in [0.1, 0.15) is 11.5 Å². The van der Waals surface area contributed by atoms with Gasteiger partial charge < -0.3 is 15.6 Å². The molecule has 0 aliphatic heterocycles. The van der Waals surface area contributed by atoms with E-state index in [1.807, 2.05) is 54.6 Å². The summed E-state index contributed by atoms with van der Waals surface area (Å²) in [5.74, 6) is 2.08. The number of hydrogen-bond acceptors (Lipinski definition) is 3. The number of ether oxygens (including phenoxy) is 1. The van der Waals surface area contributed by atoms with Gasteiger partial charge in [0.2, 0.25) is 0 Å². The molecule has 2 aromatic rings. The second-order valence-electron chi connectivity index (χ2n) is 6.05. The predicted octanol–water partition coefficient (Wildman–Crippen LogP) is 4.28. The molecule has 0 spiro atoms. The minimum absolute atomic E-state index is 0.391. The summed E-state index contributed by atoms with van der Waals surface area (Å²) in [5.41, 5.74) is 7.07. The summed E-state index contributed by atoms with van der Waals surface area (Å²) in [6.45, 7) is 4.29. The fourth-order valence-electron chi connectivity index (χ4n) is 2.32. The van der Waals surface area contributed by atoms with Gasteiger partial charge in [0.15, 0.2) is 0 Å². The number of aliphatic hydroxyl groups is 1. The third-order valence-corrected chi connectivity index (χ3v) is 3.68. The van der Waals surface area contributed by atoms with Crippen LogP contribution < -0.4 is 10.5 Å². The maximum atomic E-state index is 10.2. The van der Waals surface area contributed by atoms with Gasteiger partial charge in [-0.05, 0) is 48.6 Å². The Morgan fingerprint density at radius 1 is 0.955 bits per heavy atom. The van der Waals surface area contributed by atoms with E-state index in [2.05, 4.69) is 13.8 Å². The summed E-state index contributed by atoms with van der Waals surface area (Å²) in [5, 5.41) is 10.2. The number of hydrogen-bond donors (Lipinski definition) is 2. The molecule has 0 unspecified atom stereocenters. The Balaban J connectivity index is 2.04. The molecule has 0 heterocycles. The van der Waals surface area contributed by atoms with Gasteiger partial charge in [-0.2, -0.15) is 0 Å². The lowest BCUT2D eigenvalue weighted by Gasteiger charge is -2.20. The van der Waals surface area contributed by atoms with Crippen molar-refractivity contribution >= 4 is 0 Å². The lowest BCUT2D eigenvalue weighted by molar-refractivity contribution is 0.128. The van der Waals surface area contributed by atoms with Crippen LogP contribution >= 0.6 is 0 Å². The third kappa shape index (κ3) is 4.86. The minimum Gasteiger partial charge on any atom is -0.457 e. The molecule has 22 heavy (non-hydrogen) atoms. The topological polar surface area (TPSA) is 55.5 Å². The Morgan fingerprint density at radius 3 is 2.32 bits per heavy atom. The molecule has 0 aliphatic carbocycles. The van der Waals surface area contributed by atoms with Gasteiger partial charge >= 0.3 is 0 Å². The standard InChI is InChI=1S/C19H25NO2/c1-14(2)11-12-18(21)19(20)15-7-6-10-17(13-15)22-16-8-4-3-5-9-16/h3-10,13-14,18-19,21H,11-12,20H2,1-2H3/t18-,19+/m1/s1. The maximum Gasteiger partial charge on any atom is 0.127 e.